The Morgan fingerprint density at radius 3 is 2.59 bits per heavy atom. The lowest BCUT2D eigenvalue weighted by Gasteiger charge is -2.41. The molecule has 0 unspecified atom stereocenters. The number of nitrogens with one attached hydrogen (secondary N) is 1. The topological polar surface area (TPSA) is 58.6 Å². The molecule has 4 nitrogen and oxygen atoms in total. The van der Waals surface area contributed by atoms with Gasteiger partial charge in [0.15, 0.2) is 0 Å². The number of phenols is 1. The van der Waals surface area contributed by atoms with Crippen molar-refractivity contribution >= 4 is 11.6 Å². The summed E-state index contributed by atoms with van der Waals surface area (Å²) >= 11 is 0. The van der Waals surface area contributed by atoms with E-state index in [1.807, 2.05) is 24.3 Å². The molecule has 4 heteroatoms. The number of hydrogen-bond acceptors (Lipinski definition) is 3. The second-order valence-electron chi connectivity index (χ2n) is 5.64. The molecule has 1 amide bonds. The smallest absolute Gasteiger partial charge is 0.235 e. The predicted octanol–water partition coefficient (Wildman–Crippen LogP) is 3.46. The van der Waals surface area contributed by atoms with Gasteiger partial charge in [-0.05, 0) is 31.0 Å². The van der Waals surface area contributed by atoms with Crippen molar-refractivity contribution in [1.82, 2.24) is 0 Å². The fourth-order valence-electron chi connectivity index (χ4n) is 3.02. The molecule has 0 saturated heterocycles. The van der Waals surface area contributed by atoms with E-state index in [-0.39, 0.29) is 11.7 Å². The minimum Gasteiger partial charge on any atom is -0.508 e. The van der Waals surface area contributed by atoms with E-state index in [0.29, 0.717) is 5.69 Å². The Kier molecular flexibility index (Phi) is 3.75. The summed E-state index contributed by atoms with van der Waals surface area (Å²) in [6.07, 6.45) is 2.63. The molecule has 0 heterocycles. The van der Waals surface area contributed by atoms with Crippen molar-refractivity contribution in [1.29, 1.82) is 0 Å². The quantitative estimate of drug-likeness (QED) is 0.908. The Bertz CT molecular complexity index is 692. The minimum absolute atomic E-state index is 0.0474. The van der Waals surface area contributed by atoms with Crippen LogP contribution in [0.1, 0.15) is 24.8 Å². The van der Waals surface area contributed by atoms with Gasteiger partial charge in [-0.15, -0.1) is 0 Å². The fourth-order valence-corrected chi connectivity index (χ4v) is 3.02. The van der Waals surface area contributed by atoms with E-state index in [1.54, 1.807) is 31.4 Å². The van der Waals surface area contributed by atoms with Crippen molar-refractivity contribution in [2.24, 2.45) is 0 Å². The van der Waals surface area contributed by atoms with E-state index in [1.165, 1.54) is 0 Å². The van der Waals surface area contributed by atoms with Crippen LogP contribution in [0.4, 0.5) is 5.69 Å². The number of para-hydroxylation sites is 1. The summed E-state index contributed by atoms with van der Waals surface area (Å²) in [4.78, 5) is 12.8. The number of methoxy groups -OCH3 is 1. The van der Waals surface area contributed by atoms with Crippen LogP contribution in [0, 0.1) is 0 Å². The number of hydrogen-bond donors (Lipinski definition) is 2. The normalized spacial score (nSPS) is 15.7. The van der Waals surface area contributed by atoms with Gasteiger partial charge in [-0.2, -0.15) is 0 Å². The summed E-state index contributed by atoms with van der Waals surface area (Å²) in [5, 5.41) is 12.4. The van der Waals surface area contributed by atoms with Crippen molar-refractivity contribution in [2.75, 3.05) is 12.4 Å². The summed E-state index contributed by atoms with van der Waals surface area (Å²) in [7, 11) is 1.62. The van der Waals surface area contributed by atoms with Gasteiger partial charge in [0, 0.05) is 17.3 Å². The highest BCUT2D eigenvalue weighted by Crippen LogP contribution is 2.47. The zero-order chi connectivity index (χ0) is 15.6. The molecule has 1 aliphatic rings. The van der Waals surface area contributed by atoms with Crippen LogP contribution in [0.3, 0.4) is 0 Å². The second-order valence-corrected chi connectivity index (χ2v) is 5.64. The average Bonchev–Trinajstić information content (AvgIpc) is 2.46. The first-order valence-corrected chi connectivity index (χ1v) is 7.40. The van der Waals surface area contributed by atoms with E-state index in [2.05, 4.69) is 5.32 Å². The predicted molar refractivity (Wildman–Crippen MR) is 85.3 cm³/mol. The van der Waals surface area contributed by atoms with Crippen molar-refractivity contribution in [3.05, 3.63) is 54.1 Å². The monoisotopic (exact) mass is 297 g/mol. The van der Waals surface area contributed by atoms with Crippen LogP contribution in [-0.4, -0.2) is 18.1 Å². The first kappa shape index (κ1) is 14.4. The van der Waals surface area contributed by atoms with E-state index in [9.17, 15) is 9.90 Å². The molecule has 0 spiro atoms. The van der Waals surface area contributed by atoms with Crippen LogP contribution in [0.25, 0.3) is 0 Å². The molecule has 0 atom stereocenters. The third-order valence-corrected chi connectivity index (χ3v) is 4.37. The first-order valence-electron chi connectivity index (χ1n) is 7.40. The molecule has 2 aromatic carbocycles. The zero-order valence-electron chi connectivity index (χ0n) is 12.5. The number of phenolic OH excluding ortho intramolecular Hbond substituents is 1. The van der Waals surface area contributed by atoms with Gasteiger partial charge in [-0.1, -0.05) is 30.7 Å². The number of carbonyl (C=O) groups excluding carboxylic acids is 1. The van der Waals surface area contributed by atoms with E-state index in [0.717, 1.165) is 30.6 Å². The molecule has 1 aliphatic carbocycles. The fraction of sp³-hybridized carbons (Fsp3) is 0.278. The van der Waals surface area contributed by atoms with Crippen LogP contribution in [-0.2, 0) is 10.2 Å². The van der Waals surface area contributed by atoms with Gasteiger partial charge in [0.1, 0.15) is 11.5 Å². The second kappa shape index (κ2) is 5.72. The molecule has 1 fully saturated rings. The van der Waals surface area contributed by atoms with Gasteiger partial charge < -0.3 is 15.2 Å². The number of carbonyl (C=O) groups is 1. The van der Waals surface area contributed by atoms with Crippen LogP contribution in [0.15, 0.2) is 48.5 Å². The first-order chi connectivity index (χ1) is 10.7. The number of ether oxygens (including phenoxy) is 1. The highest BCUT2D eigenvalue weighted by Gasteiger charge is 2.47. The number of rotatable bonds is 4. The molecule has 0 aliphatic heterocycles. The zero-order valence-corrected chi connectivity index (χ0v) is 12.5. The highest BCUT2D eigenvalue weighted by atomic mass is 16.5. The van der Waals surface area contributed by atoms with E-state index >= 15 is 0 Å². The molecule has 0 aromatic heterocycles. The van der Waals surface area contributed by atoms with Gasteiger partial charge in [-0.25, -0.2) is 0 Å². The molecular weight excluding hydrogens is 278 g/mol. The van der Waals surface area contributed by atoms with Gasteiger partial charge in [0.2, 0.25) is 5.91 Å². The minimum atomic E-state index is -0.544. The number of anilines is 1. The third-order valence-electron chi connectivity index (χ3n) is 4.37. The maximum absolute atomic E-state index is 12.8. The van der Waals surface area contributed by atoms with Crippen LogP contribution in [0.5, 0.6) is 11.5 Å². The van der Waals surface area contributed by atoms with Gasteiger partial charge in [0.05, 0.1) is 12.5 Å². The van der Waals surface area contributed by atoms with E-state index in [4.69, 9.17) is 4.74 Å². The molecular formula is C18H19NO3. The molecule has 3 rings (SSSR count). The van der Waals surface area contributed by atoms with Crippen LogP contribution < -0.4 is 10.1 Å². The standard InChI is InChI=1S/C18H19NO3/c1-22-16-9-3-2-8-15(16)18(10-5-11-18)17(21)19-13-6-4-7-14(20)12-13/h2-4,6-9,12,20H,5,10-11H2,1H3,(H,19,21). The lowest BCUT2D eigenvalue weighted by atomic mass is 9.63. The number of amides is 1. The molecule has 22 heavy (non-hydrogen) atoms. The van der Waals surface area contributed by atoms with Crippen molar-refractivity contribution in [3.63, 3.8) is 0 Å². The molecule has 1 saturated carbocycles. The van der Waals surface area contributed by atoms with Gasteiger partial charge >= 0.3 is 0 Å². The molecule has 0 radical (unpaired) electrons. The third kappa shape index (κ3) is 2.41. The SMILES string of the molecule is COc1ccccc1C1(C(=O)Nc2cccc(O)c2)CCC1. The lowest BCUT2D eigenvalue weighted by molar-refractivity contribution is -0.124. The van der Waals surface area contributed by atoms with Crippen LogP contribution >= 0.6 is 0 Å². The molecule has 0 bridgehead atoms. The number of benzene rings is 2. The number of aromatic hydroxyl groups is 1. The summed E-state index contributed by atoms with van der Waals surface area (Å²) in [6, 6.07) is 14.3. The van der Waals surface area contributed by atoms with Crippen molar-refractivity contribution in [2.45, 2.75) is 24.7 Å². The highest BCUT2D eigenvalue weighted by molar-refractivity contribution is 6.00. The summed E-state index contributed by atoms with van der Waals surface area (Å²) in [6.45, 7) is 0. The van der Waals surface area contributed by atoms with Crippen LogP contribution in [0.2, 0.25) is 0 Å². The van der Waals surface area contributed by atoms with Crippen molar-refractivity contribution < 1.29 is 14.6 Å². The Labute approximate surface area is 129 Å². The Morgan fingerprint density at radius 1 is 1.18 bits per heavy atom. The Morgan fingerprint density at radius 2 is 1.95 bits per heavy atom. The van der Waals surface area contributed by atoms with Gasteiger partial charge in [-0.3, -0.25) is 4.79 Å². The Balaban J connectivity index is 1.91. The maximum Gasteiger partial charge on any atom is 0.235 e. The molecule has 2 N–H and O–H groups in total. The summed E-state index contributed by atoms with van der Waals surface area (Å²) in [5.41, 5.74) is 0.991. The largest absolute Gasteiger partial charge is 0.508 e. The maximum atomic E-state index is 12.8. The lowest BCUT2D eigenvalue weighted by Crippen LogP contribution is -2.46. The van der Waals surface area contributed by atoms with E-state index < -0.39 is 5.41 Å². The van der Waals surface area contributed by atoms with Gasteiger partial charge in [0.25, 0.3) is 0 Å². The summed E-state index contributed by atoms with van der Waals surface area (Å²) in [5.74, 6) is 0.833. The average molecular weight is 297 g/mol. The summed E-state index contributed by atoms with van der Waals surface area (Å²) < 4.78 is 5.43. The van der Waals surface area contributed by atoms with Crippen molar-refractivity contribution in [3.8, 4) is 11.5 Å². The molecule has 2 aromatic rings. The Hall–Kier alpha value is -2.49. The molecule has 114 valence electrons.